The van der Waals surface area contributed by atoms with Gasteiger partial charge in [-0.3, -0.25) is 4.79 Å². The fourth-order valence-electron chi connectivity index (χ4n) is 2.17. The lowest BCUT2D eigenvalue weighted by Gasteiger charge is -1.97. The summed E-state index contributed by atoms with van der Waals surface area (Å²) in [5.74, 6) is 0.909. The number of nitrogens with one attached hydrogen (secondary N) is 1. The number of nitrogens with zero attached hydrogens (tertiary/aromatic N) is 3. The van der Waals surface area contributed by atoms with E-state index in [4.69, 9.17) is 4.42 Å². The van der Waals surface area contributed by atoms with Gasteiger partial charge in [-0.2, -0.15) is 5.10 Å². The maximum atomic E-state index is 12.1. The van der Waals surface area contributed by atoms with E-state index in [2.05, 4.69) is 15.1 Å². The first-order chi connectivity index (χ1) is 10.3. The normalized spacial score (nSPS) is 11.0. The molecule has 0 aliphatic rings. The third-order valence-corrected chi connectivity index (χ3v) is 3.15. The Kier molecular flexibility index (Phi) is 2.47. The number of aromatic nitrogens is 4. The molecule has 0 aliphatic heterocycles. The Morgan fingerprint density at radius 3 is 2.71 bits per heavy atom. The number of para-hydroxylation sites is 1. The van der Waals surface area contributed by atoms with Gasteiger partial charge in [-0.15, -0.1) is 0 Å². The number of furan rings is 1. The minimum Gasteiger partial charge on any atom is -0.461 e. The standard InChI is InChI=1S/C15H10N4O2/c20-15-13-11(16-14(17-15)12-7-4-8-21-12)9-19(18-13)10-5-2-1-3-6-10/h1-9H,(H,16,17,20). The number of hydrogen-bond acceptors (Lipinski definition) is 4. The van der Waals surface area contributed by atoms with Crippen LogP contribution in [0.25, 0.3) is 28.3 Å². The van der Waals surface area contributed by atoms with Crippen molar-refractivity contribution in [3.63, 3.8) is 0 Å². The second-order valence-corrected chi connectivity index (χ2v) is 4.53. The first-order valence-corrected chi connectivity index (χ1v) is 6.40. The molecule has 3 aromatic heterocycles. The van der Waals surface area contributed by atoms with Gasteiger partial charge in [-0.25, -0.2) is 9.67 Å². The minimum absolute atomic E-state index is 0.291. The number of hydrogen-bond donors (Lipinski definition) is 1. The Bertz CT molecular complexity index is 952. The molecule has 0 saturated carbocycles. The summed E-state index contributed by atoms with van der Waals surface area (Å²) in [6, 6.07) is 13.0. The van der Waals surface area contributed by atoms with Crippen molar-refractivity contribution in [2.24, 2.45) is 0 Å². The van der Waals surface area contributed by atoms with Gasteiger partial charge in [0.05, 0.1) is 18.1 Å². The molecule has 6 nitrogen and oxygen atoms in total. The van der Waals surface area contributed by atoms with Crippen LogP contribution in [0.15, 0.2) is 64.1 Å². The molecule has 1 N–H and O–H groups in total. The van der Waals surface area contributed by atoms with Crippen LogP contribution in [0.5, 0.6) is 0 Å². The zero-order valence-corrected chi connectivity index (χ0v) is 10.9. The topological polar surface area (TPSA) is 76.7 Å². The zero-order chi connectivity index (χ0) is 14.2. The molecule has 0 bridgehead atoms. The van der Waals surface area contributed by atoms with Crippen molar-refractivity contribution in [2.75, 3.05) is 0 Å². The molecule has 0 saturated heterocycles. The van der Waals surface area contributed by atoms with Crippen LogP contribution in [-0.2, 0) is 0 Å². The molecular formula is C15H10N4O2. The largest absolute Gasteiger partial charge is 0.461 e. The average Bonchev–Trinajstić information content (AvgIpc) is 3.17. The van der Waals surface area contributed by atoms with Crippen LogP contribution in [0, 0.1) is 0 Å². The highest BCUT2D eigenvalue weighted by Gasteiger charge is 2.11. The maximum Gasteiger partial charge on any atom is 0.279 e. The van der Waals surface area contributed by atoms with Crippen molar-refractivity contribution in [1.82, 2.24) is 19.7 Å². The van der Waals surface area contributed by atoms with E-state index in [0.29, 0.717) is 22.6 Å². The molecular weight excluding hydrogens is 268 g/mol. The van der Waals surface area contributed by atoms with Gasteiger partial charge in [0.25, 0.3) is 5.56 Å². The molecule has 0 fully saturated rings. The van der Waals surface area contributed by atoms with E-state index in [-0.39, 0.29) is 5.56 Å². The highest BCUT2D eigenvalue weighted by Crippen LogP contribution is 2.17. The van der Waals surface area contributed by atoms with Crippen LogP contribution < -0.4 is 5.56 Å². The van der Waals surface area contributed by atoms with Gasteiger partial charge in [-0.1, -0.05) is 18.2 Å². The van der Waals surface area contributed by atoms with E-state index in [1.807, 2.05) is 30.3 Å². The van der Waals surface area contributed by atoms with E-state index in [0.717, 1.165) is 5.69 Å². The molecule has 102 valence electrons. The summed E-state index contributed by atoms with van der Waals surface area (Å²) < 4.78 is 6.89. The van der Waals surface area contributed by atoms with E-state index < -0.39 is 0 Å². The Labute approximate surface area is 118 Å². The van der Waals surface area contributed by atoms with Crippen molar-refractivity contribution in [3.05, 3.63) is 65.3 Å². The Morgan fingerprint density at radius 2 is 1.95 bits per heavy atom. The van der Waals surface area contributed by atoms with Crippen molar-refractivity contribution in [2.45, 2.75) is 0 Å². The molecule has 3 heterocycles. The van der Waals surface area contributed by atoms with Gasteiger partial charge in [0.1, 0.15) is 5.52 Å². The highest BCUT2D eigenvalue weighted by atomic mass is 16.3. The lowest BCUT2D eigenvalue weighted by Crippen LogP contribution is -2.09. The fourth-order valence-corrected chi connectivity index (χ4v) is 2.17. The van der Waals surface area contributed by atoms with E-state index >= 15 is 0 Å². The highest BCUT2D eigenvalue weighted by molar-refractivity contribution is 5.74. The molecule has 6 heteroatoms. The van der Waals surface area contributed by atoms with Crippen LogP contribution in [0.2, 0.25) is 0 Å². The minimum atomic E-state index is -0.291. The summed E-state index contributed by atoms with van der Waals surface area (Å²) >= 11 is 0. The van der Waals surface area contributed by atoms with Crippen LogP contribution >= 0.6 is 0 Å². The Hall–Kier alpha value is -3.15. The van der Waals surface area contributed by atoms with Crippen LogP contribution in [-0.4, -0.2) is 19.7 Å². The summed E-state index contributed by atoms with van der Waals surface area (Å²) in [7, 11) is 0. The van der Waals surface area contributed by atoms with Gasteiger partial charge >= 0.3 is 0 Å². The second kappa shape index (κ2) is 4.45. The smallest absolute Gasteiger partial charge is 0.279 e. The molecule has 0 spiro atoms. The molecule has 0 radical (unpaired) electrons. The van der Waals surface area contributed by atoms with Crippen LogP contribution in [0.1, 0.15) is 0 Å². The third kappa shape index (κ3) is 1.93. The number of fused-ring (bicyclic) bond motifs is 1. The predicted molar refractivity (Wildman–Crippen MR) is 77.2 cm³/mol. The molecule has 1 aromatic carbocycles. The van der Waals surface area contributed by atoms with Gasteiger partial charge in [-0.05, 0) is 24.3 Å². The number of H-pyrrole nitrogens is 1. The van der Waals surface area contributed by atoms with Crippen molar-refractivity contribution in [1.29, 1.82) is 0 Å². The van der Waals surface area contributed by atoms with Gasteiger partial charge in [0.2, 0.25) is 0 Å². The van der Waals surface area contributed by atoms with Gasteiger partial charge in [0.15, 0.2) is 17.1 Å². The lowest BCUT2D eigenvalue weighted by molar-refractivity contribution is 0.577. The van der Waals surface area contributed by atoms with E-state index in [1.54, 1.807) is 23.0 Å². The molecule has 4 aromatic rings. The summed E-state index contributed by atoms with van der Waals surface area (Å²) in [4.78, 5) is 19.2. The predicted octanol–water partition coefficient (Wildman–Crippen LogP) is 2.37. The second-order valence-electron chi connectivity index (χ2n) is 4.53. The first-order valence-electron chi connectivity index (χ1n) is 6.40. The summed E-state index contributed by atoms with van der Waals surface area (Å²) in [5.41, 5.74) is 1.40. The number of aromatic amines is 1. The van der Waals surface area contributed by atoms with Crippen molar-refractivity contribution < 1.29 is 4.42 Å². The molecule has 0 amide bonds. The molecule has 0 atom stereocenters. The summed E-state index contributed by atoms with van der Waals surface area (Å²) in [6.07, 6.45) is 3.26. The van der Waals surface area contributed by atoms with Crippen LogP contribution in [0.4, 0.5) is 0 Å². The average molecular weight is 278 g/mol. The molecule has 0 aliphatic carbocycles. The molecule has 0 unspecified atom stereocenters. The summed E-state index contributed by atoms with van der Waals surface area (Å²) in [6.45, 7) is 0. The van der Waals surface area contributed by atoms with Gasteiger partial charge in [0, 0.05) is 0 Å². The van der Waals surface area contributed by atoms with Crippen LogP contribution in [0.3, 0.4) is 0 Å². The molecule has 21 heavy (non-hydrogen) atoms. The molecule has 4 rings (SSSR count). The fraction of sp³-hybridized carbons (Fsp3) is 0. The first kappa shape index (κ1) is 11.7. The maximum absolute atomic E-state index is 12.1. The Morgan fingerprint density at radius 1 is 1.10 bits per heavy atom. The van der Waals surface area contributed by atoms with Gasteiger partial charge < -0.3 is 9.40 Å². The Balaban J connectivity index is 1.92. The van der Waals surface area contributed by atoms with Crippen molar-refractivity contribution in [3.8, 4) is 17.3 Å². The monoisotopic (exact) mass is 278 g/mol. The van der Waals surface area contributed by atoms with E-state index in [1.165, 1.54) is 6.26 Å². The number of benzene rings is 1. The number of rotatable bonds is 2. The third-order valence-electron chi connectivity index (χ3n) is 3.15. The zero-order valence-electron chi connectivity index (χ0n) is 10.9. The van der Waals surface area contributed by atoms with E-state index in [9.17, 15) is 4.79 Å². The van der Waals surface area contributed by atoms with Crippen molar-refractivity contribution >= 4 is 11.0 Å². The SMILES string of the molecule is O=c1[nH]c(-c2ccco2)nc2cn(-c3ccccc3)nc12. The lowest BCUT2D eigenvalue weighted by atomic mass is 10.3. The summed E-state index contributed by atoms with van der Waals surface area (Å²) in [5, 5.41) is 4.28. The quantitative estimate of drug-likeness (QED) is 0.610.